The maximum absolute atomic E-state index is 12.8. The van der Waals surface area contributed by atoms with Gasteiger partial charge < -0.3 is 17.0 Å². The first-order chi connectivity index (χ1) is 11.8. The van der Waals surface area contributed by atoms with Gasteiger partial charge in [-0.2, -0.15) is 0 Å². The van der Waals surface area contributed by atoms with Crippen LogP contribution in [0.1, 0.15) is 39.2 Å². The topological polar surface area (TPSA) is 17.1 Å². The number of carbonyl (C=O) groups is 1. The Bertz CT molecular complexity index is 681. The van der Waals surface area contributed by atoms with Crippen molar-refractivity contribution in [2.75, 3.05) is 19.6 Å². The van der Waals surface area contributed by atoms with E-state index in [1.165, 1.54) is 0 Å². The fourth-order valence-electron chi connectivity index (χ4n) is 4.06. The van der Waals surface area contributed by atoms with Crippen LogP contribution in [0.2, 0.25) is 10.0 Å². The van der Waals surface area contributed by atoms with Crippen molar-refractivity contribution in [2.24, 2.45) is 5.41 Å². The molecule has 0 aromatic heterocycles. The summed E-state index contributed by atoms with van der Waals surface area (Å²) in [4.78, 5) is 12.8. The molecule has 0 saturated carbocycles. The predicted octanol–water partition coefficient (Wildman–Crippen LogP) is 2.84. The molecular weight excluding hydrogens is 433 g/mol. The average Bonchev–Trinajstić information content (AvgIpc) is 3.00. The summed E-state index contributed by atoms with van der Waals surface area (Å²) in [5.41, 5.74) is 0.927. The van der Waals surface area contributed by atoms with E-state index in [1.54, 1.807) is 12.1 Å². The molecule has 1 aromatic rings. The van der Waals surface area contributed by atoms with Crippen LogP contribution in [0.4, 0.5) is 0 Å². The van der Waals surface area contributed by atoms with Gasteiger partial charge in [0.2, 0.25) is 0 Å². The van der Waals surface area contributed by atoms with Crippen LogP contribution < -0.4 is 17.0 Å². The van der Waals surface area contributed by atoms with Gasteiger partial charge in [-0.05, 0) is 38.0 Å². The van der Waals surface area contributed by atoms with E-state index in [0.29, 0.717) is 14.5 Å². The Balaban J connectivity index is 0.00000338. The van der Waals surface area contributed by atoms with Gasteiger partial charge >= 0.3 is 5.91 Å². The third-order valence-electron chi connectivity index (χ3n) is 5.04. The van der Waals surface area contributed by atoms with E-state index in [9.17, 15) is 4.79 Å². The molecular formula is C21H28BrCl2NO. The summed E-state index contributed by atoms with van der Waals surface area (Å²) < 4.78 is 0.538. The Morgan fingerprint density at radius 1 is 1.19 bits per heavy atom. The number of rotatable bonds is 6. The molecule has 1 fully saturated rings. The maximum Gasteiger partial charge on any atom is 0.338 e. The molecule has 144 valence electrons. The molecule has 1 unspecified atom stereocenters. The van der Waals surface area contributed by atoms with Gasteiger partial charge in [0.05, 0.1) is 19.6 Å². The molecule has 0 bridgehead atoms. The largest absolute Gasteiger partial charge is 1.00 e. The molecule has 0 aliphatic carbocycles. The second-order valence-corrected chi connectivity index (χ2v) is 8.21. The van der Waals surface area contributed by atoms with Crippen molar-refractivity contribution in [3.05, 3.63) is 58.1 Å². The fourth-order valence-corrected chi connectivity index (χ4v) is 4.53. The lowest BCUT2D eigenvalue weighted by molar-refractivity contribution is -0.845. The lowest BCUT2D eigenvalue weighted by atomic mass is 9.81. The number of hydrogen-bond acceptors (Lipinski definition) is 1. The van der Waals surface area contributed by atoms with Crippen molar-refractivity contribution < 1.29 is 26.3 Å². The van der Waals surface area contributed by atoms with Gasteiger partial charge in [-0.15, -0.1) is 0 Å². The first kappa shape index (κ1) is 23.4. The number of carbonyl (C=O) groups excluding carboxylic acids is 1. The van der Waals surface area contributed by atoms with Crippen molar-refractivity contribution >= 4 is 29.1 Å². The highest BCUT2D eigenvalue weighted by Crippen LogP contribution is 2.35. The van der Waals surface area contributed by atoms with Gasteiger partial charge in [-0.1, -0.05) is 54.4 Å². The Kier molecular flexibility index (Phi) is 9.08. The van der Waals surface area contributed by atoms with Crippen LogP contribution >= 0.6 is 23.2 Å². The van der Waals surface area contributed by atoms with Crippen LogP contribution in [0, 0.1) is 5.41 Å². The van der Waals surface area contributed by atoms with Crippen LogP contribution in [-0.4, -0.2) is 30.0 Å². The van der Waals surface area contributed by atoms with Crippen LogP contribution in [0.25, 0.3) is 0 Å². The Labute approximate surface area is 178 Å². The molecule has 2 nitrogen and oxygen atoms in total. The molecule has 0 N–H and O–H groups in total. The highest BCUT2D eigenvalue weighted by molar-refractivity contribution is 6.35. The Hall–Kier alpha value is -0.610. The van der Waals surface area contributed by atoms with Gasteiger partial charge in [0.15, 0.2) is 0 Å². The highest BCUT2D eigenvalue weighted by atomic mass is 79.9. The molecule has 0 spiro atoms. The maximum atomic E-state index is 12.8. The summed E-state index contributed by atoms with van der Waals surface area (Å²) in [7, 11) is 0. The lowest BCUT2D eigenvalue weighted by Crippen LogP contribution is -3.00. The normalized spacial score (nSPS) is 18.8. The number of halogens is 3. The van der Waals surface area contributed by atoms with Crippen molar-refractivity contribution in [3.63, 3.8) is 0 Å². The highest BCUT2D eigenvalue weighted by Gasteiger charge is 2.43. The number of likely N-dealkylation sites (tertiary alicyclic amines) is 1. The number of hydrogen-bond donors (Lipinski definition) is 0. The summed E-state index contributed by atoms with van der Waals surface area (Å²) in [6, 6.07) is 5.66. The smallest absolute Gasteiger partial charge is 0.338 e. The van der Waals surface area contributed by atoms with Gasteiger partial charge in [0, 0.05) is 34.4 Å². The SMILES string of the molecule is CC=CC(C)(Cc1ccc(Cl)cc1Cl)C[N+]1(C(=O)/C=C/C)CCCC1.[Br-]. The molecule has 2 rings (SSSR count). The van der Waals surface area contributed by atoms with Gasteiger partial charge in [-0.3, -0.25) is 4.48 Å². The van der Waals surface area contributed by atoms with E-state index in [2.05, 4.69) is 19.1 Å². The quantitative estimate of drug-likeness (QED) is 0.362. The van der Waals surface area contributed by atoms with Gasteiger partial charge in [-0.25, -0.2) is 4.79 Å². The zero-order chi connectivity index (χ0) is 18.5. The second-order valence-electron chi connectivity index (χ2n) is 7.36. The average molecular weight is 461 g/mol. The first-order valence-electron chi connectivity index (χ1n) is 8.95. The van der Waals surface area contributed by atoms with E-state index in [1.807, 2.05) is 32.1 Å². The summed E-state index contributed by atoms with van der Waals surface area (Å²) in [6.45, 7) is 8.79. The standard InChI is InChI=1S/C21H28Cl2NO.BrH/c1-4-8-20(25)24(12-6-7-13-24)16-21(3,11-5-2)15-17-9-10-18(22)14-19(17)23;/h4-5,8-11,14H,6-7,12-13,15-16H2,1-3H3;1H/q+1;/p-1/b8-4+,11-5?;. The third kappa shape index (κ3) is 5.69. The first-order valence-corrected chi connectivity index (χ1v) is 9.71. The molecule has 1 aliphatic rings. The number of benzene rings is 1. The van der Waals surface area contributed by atoms with Crippen LogP contribution in [0.5, 0.6) is 0 Å². The van der Waals surface area contributed by atoms with Crippen molar-refractivity contribution in [1.29, 1.82) is 0 Å². The van der Waals surface area contributed by atoms with Crippen molar-refractivity contribution in [2.45, 2.75) is 40.0 Å². The molecule has 1 atom stereocenters. The van der Waals surface area contributed by atoms with Crippen molar-refractivity contribution in [3.8, 4) is 0 Å². The fraction of sp³-hybridized carbons (Fsp3) is 0.476. The number of amides is 1. The molecule has 1 saturated heterocycles. The van der Waals surface area contributed by atoms with E-state index < -0.39 is 0 Å². The van der Waals surface area contributed by atoms with Crippen molar-refractivity contribution in [1.82, 2.24) is 0 Å². The molecule has 1 aliphatic heterocycles. The Morgan fingerprint density at radius 3 is 2.38 bits per heavy atom. The summed E-state index contributed by atoms with van der Waals surface area (Å²) >= 11 is 12.4. The van der Waals surface area contributed by atoms with E-state index in [-0.39, 0.29) is 28.3 Å². The molecule has 5 heteroatoms. The molecule has 1 amide bonds. The number of quaternary nitrogens is 1. The zero-order valence-electron chi connectivity index (χ0n) is 15.8. The van der Waals surface area contributed by atoms with Crippen LogP contribution in [0.3, 0.4) is 0 Å². The van der Waals surface area contributed by atoms with Gasteiger partial charge in [0.1, 0.15) is 0 Å². The van der Waals surface area contributed by atoms with E-state index in [4.69, 9.17) is 23.2 Å². The zero-order valence-corrected chi connectivity index (χ0v) is 18.9. The van der Waals surface area contributed by atoms with E-state index >= 15 is 0 Å². The minimum Gasteiger partial charge on any atom is -1.00 e. The Morgan fingerprint density at radius 2 is 1.85 bits per heavy atom. The monoisotopic (exact) mass is 459 g/mol. The minimum absolute atomic E-state index is 0. The number of nitrogens with zero attached hydrogens (tertiary/aromatic N) is 1. The molecule has 1 aromatic carbocycles. The van der Waals surface area contributed by atoms with Crippen LogP contribution in [0.15, 0.2) is 42.5 Å². The number of allylic oxidation sites excluding steroid dienone is 2. The van der Waals surface area contributed by atoms with E-state index in [0.717, 1.165) is 44.5 Å². The van der Waals surface area contributed by atoms with Crippen LogP contribution in [-0.2, 0) is 11.2 Å². The minimum atomic E-state index is -0.145. The molecule has 26 heavy (non-hydrogen) atoms. The molecule has 0 radical (unpaired) electrons. The summed E-state index contributed by atoms with van der Waals surface area (Å²) in [5, 5.41) is 1.34. The van der Waals surface area contributed by atoms with Gasteiger partial charge in [0.25, 0.3) is 0 Å². The predicted molar refractivity (Wildman–Crippen MR) is 107 cm³/mol. The summed E-state index contributed by atoms with van der Waals surface area (Å²) in [5.74, 6) is 0.220. The lowest BCUT2D eigenvalue weighted by Gasteiger charge is -2.38. The third-order valence-corrected chi connectivity index (χ3v) is 5.63. The summed E-state index contributed by atoms with van der Waals surface area (Å²) in [6.07, 6.45) is 10.9. The second kappa shape index (κ2) is 10.1. The molecule has 1 heterocycles.